The van der Waals surface area contributed by atoms with Gasteiger partial charge in [-0.25, -0.2) is 22.5 Å². The van der Waals surface area contributed by atoms with Crippen LogP contribution in [0.1, 0.15) is 36.8 Å². The molecule has 3 N–H and O–H groups in total. The number of rotatable bonds is 6. The number of likely N-dealkylation sites (tertiary alicyclic amines) is 1. The topological polar surface area (TPSA) is 93.5 Å². The predicted octanol–water partition coefficient (Wildman–Crippen LogP) is 4.44. The van der Waals surface area contributed by atoms with E-state index < -0.39 is 50.6 Å². The Hall–Kier alpha value is -2.57. The molecule has 2 aromatic carbocycles. The van der Waals surface area contributed by atoms with Gasteiger partial charge in [-0.3, -0.25) is 4.79 Å². The minimum absolute atomic E-state index is 0.0257. The summed E-state index contributed by atoms with van der Waals surface area (Å²) in [4.78, 5) is 14.3. The van der Waals surface area contributed by atoms with Crippen LogP contribution in [0.15, 0.2) is 36.4 Å². The summed E-state index contributed by atoms with van der Waals surface area (Å²) in [5.74, 6) is -1.83. The Morgan fingerprint density at radius 3 is 2.31 bits per heavy atom. The summed E-state index contributed by atoms with van der Waals surface area (Å²) in [6.45, 7) is 1.65. The molecular weight excluding hydrogens is 505 g/mol. The molecule has 2 aromatic rings. The smallest absolute Gasteiger partial charge is 0.380 e. The number of hydrogen-bond donors (Lipinski definition) is 3. The standard InChI is InChI=1S/C24H26F5N3O3S/c1-14-7-16(12-18(25)8-14)17-9-15(10-19(26)13-17)11-21-20(31-36(30,35)24(27,28)29)3-6-32(21)22(33)23(34)4-2-5-23/h7-10,12-13,20-21,34H,2-6,11H2,1H3,(H2,30,31,35)/t20-,21-,36?/m0/s1. The van der Waals surface area contributed by atoms with Gasteiger partial charge in [0, 0.05) is 12.6 Å². The van der Waals surface area contributed by atoms with Gasteiger partial charge in [-0.2, -0.15) is 13.2 Å². The number of carbonyl (C=O) groups excluding carboxylic acids is 1. The van der Waals surface area contributed by atoms with Gasteiger partial charge in [0.15, 0.2) is 0 Å². The molecule has 0 aromatic heterocycles. The van der Waals surface area contributed by atoms with E-state index >= 15 is 0 Å². The maximum absolute atomic E-state index is 14.6. The van der Waals surface area contributed by atoms with Crippen LogP contribution in [0.25, 0.3) is 11.1 Å². The van der Waals surface area contributed by atoms with Crippen molar-refractivity contribution < 1.29 is 36.1 Å². The molecule has 1 heterocycles. The highest BCUT2D eigenvalue weighted by molar-refractivity contribution is 7.91. The largest absolute Gasteiger partial charge is 0.492 e. The Kier molecular flexibility index (Phi) is 6.91. The van der Waals surface area contributed by atoms with Gasteiger partial charge in [0.25, 0.3) is 5.91 Å². The molecule has 0 spiro atoms. The SMILES string of the molecule is Cc1cc(F)cc(-c2cc(F)cc(C[C@H]3[C@@H](NS(=N)(=O)C(F)(F)F)CCN3C(=O)C3(O)CCC3)c2)c1. The molecule has 1 amide bonds. The van der Waals surface area contributed by atoms with E-state index in [-0.39, 0.29) is 32.2 Å². The predicted molar refractivity (Wildman–Crippen MR) is 123 cm³/mol. The van der Waals surface area contributed by atoms with Crippen LogP contribution in [-0.2, 0) is 21.1 Å². The Bertz CT molecular complexity index is 1260. The number of hydrogen-bond acceptors (Lipinski definition) is 4. The molecule has 0 radical (unpaired) electrons. The van der Waals surface area contributed by atoms with E-state index in [4.69, 9.17) is 4.78 Å². The zero-order valence-corrected chi connectivity index (χ0v) is 20.2. The van der Waals surface area contributed by atoms with Crippen LogP contribution in [-0.4, -0.2) is 49.9 Å². The first kappa shape index (κ1) is 26.5. The molecule has 4 rings (SSSR count). The number of halogens is 5. The van der Waals surface area contributed by atoms with E-state index in [1.54, 1.807) is 19.1 Å². The van der Waals surface area contributed by atoms with Crippen molar-refractivity contribution in [1.29, 1.82) is 4.78 Å². The lowest BCUT2D eigenvalue weighted by Gasteiger charge is -2.40. The van der Waals surface area contributed by atoms with Gasteiger partial charge in [-0.15, -0.1) is 0 Å². The third-order valence-electron chi connectivity index (χ3n) is 6.81. The van der Waals surface area contributed by atoms with Crippen LogP contribution >= 0.6 is 0 Å². The van der Waals surface area contributed by atoms with E-state index in [0.717, 1.165) is 6.07 Å². The van der Waals surface area contributed by atoms with Crippen molar-refractivity contribution in [2.45, 2.75) is 62.2 Å². The quantitative estimate of drug-likeness (QED) is 0.482. The third kappa shape index (κ3) is 5.25. The molecular formula is C24H26F5N3O3S. The summed E-state index contributed by atoms with van der Waals surface area (Å²) in [6, 6.07) is 5.89. The highest BCUT2D eigenvalue weighted by Gasteiger charge is 2.51. The number of nitrogens with zero attached hydrogens (tertiary/aromatic N) is 1. The first-order valence-electron chi connectivity index (χ1n) is 11.4. The van der Waals surface area contributed by atoms with Crippen LogP contribution < -0.4 is 4.72 Å². The molecule has 3 atom stereocenters. The van der Waals surface area contributed by atoms with Gasteiger partial charge in [0.2, 0.25) is 9.92 Å². The number of carbonyl (C=O) groups is 1. The summed E-state index contributed by atoms with van der Waals surface area (Å²) in [6.07, 6.45) is 0.884. The van der Waals surface area contributed by atoms with Crippen molar-refractivity contribution in [3.05, 3.63) is 59.2 Å². The van der Waals surface area contributed by atoms with Gasteiger partial charge >= 0.3 is 5.51 Å². The fraction of sp³-hybridized carbons (Fsp3) is 0.458. The zero-order valence-electron chi connectivity index (χ0n) is 19.4. The van der Waals surface area contributed by atoms with E-state index in [9.17, 15) is 36.1 Å². The van der Waals surface area contributed by atoms with Gasteiger partial charge in [0.1, 0.15) is 17.2 Å². The Labute approximate surface area is 205 Å². The van der Waals surface area contributed by atoms with Crippen LogP contribution in [0, 0.1) is 23.3 Å². The summed E-state index contributed by atoms with van der Waals surface area (Å²) in [5.41, 5.74) is -5.29. The van der Waals surface area contributed by atoms with Gasteiger partial charge in [-0.1, -0.05) is 12.1 Å². The number of amides is 1. The summed E-state index contributed by atoms with van der Waals surface area (Å²) in [5, 5.41) is 10.6. The summed E-state index contributed by atoms with van der Waals surface area (Å²) in [7, 11) is -5.22. The van der Waals surface area contributed by atoms with Crippen LogP contribution in [0.3, 0.4) is 0 Å². The Morgan fingerprint density at radius 1 is 1.14 bits per heavy atom. The van der Waals surface area contributed by atoms with Gasteiger partial charge in [-0.05, 0) is 85.5 Å². The van der Waals surface area contributed by atoms with Gasteiger partial charge in [0.05, 0.1) is 6.04 Å². The van der Waals surface area contributed by atoms with Crippen LogP contribution in [0.4, 0.5) is 22.0 Å². The molecule has 36 heavy (non-hydrogen) atoms. The van der Waals surface area contributed by atoms with Crippen molar-refractivity contribution >= 4 is 15.8 Å². The highest BCUT2D eigenvalue weighted by Crippen LogP contribution is 2.37. The van der Waals surface area contributed by atoms with Crippen molar-refractivity contribution in [3.8, 4) is 11.1 Å². The zero-order chi connectivity index (χ0) is 26.5. The van der Waals surface area contributed by atoms with Crippen molar-refractivity contribution in [3.63, 3.8) is 0 Å². The first-order valence-corrected chi connectivity index (χ1v) is 13.0. The minimum atomic E-state index is -5.33. The van der Waals surface area contributed by atoms with Crippen LogP contribution in [0.5, 0.6) is 0 Å². The molecule has 1 saturated carbocycles. The second-order valence-corrected chi connectivity index (χ2v) is 11.3. The fourth-order valence-electron chi connectivity index (χ4n) is 4.85. The van der Waals surface area contributed by atoms with Crippen molar-refractivity contribution in [2.75, 3.05) is 6.54 Å². The van der Waals surface area contributed by atoms with Gasteiger partial charge < -0.3 is 10.0 Å². The van der Waals surface area contributed by atoms with E-state index in [0.29, 0.717) is 28.7 Å². The summed E-state index contributed by atoms with van der Waals surface area (Å²) < 4.78 is 89.3. The lowest BCUT2D eigenvalue weighted by atomic mass is 9.79. The maximum atomic E-state index is 14.6. The monoisotopic (exact) mass is 531 g/mol. The van der Waals surface area contributed by atoms with E-state index in [2.05, 4.69) is 0 Å². The van der Waals surface area contributed by atoms with E-state index in [1.165, 1.54) is 23.1 Å². The lowest BCUT2D eigenvalue weighted by molar-refractivity contribution is -0.161. The number of alkyl halides is 3. The van der Waals surface area contributed by atoms with Crippen molar-refractivity contribution in [2.24, 2.45) is 0 Å². The third-order valence-corrected chi connectivity index (χ3v) is 8.09. The number of benzene rings is 2. The molecule has 2 fully saturated rings. The lowest BCUT2D eigenvalue weighted by Crippen LogP contribution is -2.57. The Balaban J connectivity index is 1.68. The normalized spacial score (nSPS) is 23.2. The van der Waals surface area contributed by atoms with Crippen molar-refractivity contribution in [1.82, 2.24) is 9.62 Å². The molecule has 2 aliphatic rings. The number of nitrogens with one attached hydrogen (secondary N) is 2. The second kappa shape index (κ2) is 9.38. The fourth-order valence-corrected chi connectivity index (χ4v) is 5.68. The van der Waals surface area contributed by atoms with Crippen LogP contribution in [0.2, 0.25) is 0 Å². The molecule has 0 bridgehead atoms. The maximum Gasteiger partial charge on any atom is 0.492 e. The number of aliphatic hydroxyl groups is 1. The molecule has 6 nitrogen and oxygen atoms in total. The number of aryl methyl sites for hydroxylation is 1. The van der Waals surface area contributed by atoms with E-state index in [1.807, 2.05) is 4.72 Å². The average molecular weight is 532 g/mol. The summed E-state index contributed by atoms with van der Waals surface area (Å²) >= 11 is 0. The molecule has 1 aliphatic heterocycles. The molecule has 1 saturated heterocycles. The average Bonchev–Trinajstić information content (AvgIpc) is 3.11. The first-order chi connectivity index (χ1) is 16.7. The minimum Gasteiger partial charge on any atom is -0.380 e. The molecule has 196 valence electrons. The Morgan fingerprint density at radius 2 is 1.75 bits per heavy atom. The second-order valence-electron chi connectivity index (χ2n) is 9.54. The highest BCUT2D eigenvalue weighted by atomic mass is 32.2. The molecule has 1 aliphatic carbocycles. The molecule has 12 heteroatoms. The molecule has 1 unspecified atom stereocenters.